The van der Waals surface area contributed by atoms with Gasteiger partial charge in [0, 0.05) is 18.5 Å². The zero-order chi connectivity index (χ0) is 16.7. The summed E-state index contributed by atoms with van der Waals surface area (Å²) in [4.78, 5) is 8.41. The molecule has 1 heterocycles. The van der Waals surface area contributed by atoms with Gasteiger partial charge in [0.2, 0.25) is 11.7 Å². The molecule has 0 bridgehead atoms. The predicted octanol–water partition coefficient (Wildman–Crippen LogP) is 2.91. The van der Waals surface area contributed by atoms with Gasteiger partial charge in [-0.05, 0) is 37.6 Å². The van der Waals surface area contributed by atoms with Gasteiger partial charge in [-0.3, -0.25) is 0 Å². The minimum atomic E-state index is -0.297. The Bertz CT molecular complexity index is 684. The summed E-state index contributed by atoms with van der Waals surface area (Å²) in [6.07, 6.45) is 1.39. The maximum Gasteiger partial charge on any atom is 0.227 e. The van der Waals surface area contributed by atoms with Crippen LogP contribution in [0.3, 0.4) is 0 Å². The van der Waals surface area contributed by atoms with E-state index in [1.165, 1.54) is 12.1 Å². The number of benzene rings is 1. The normalized spacial score (nSPS) is 11.0. The van der Waals surface area contributed by atoms with Gasteiger partial charge in [0.15, 0.2) is 5.96 Å². The molecule has 0 amide bonds. The average molecular weight is 445 g/mol. The minimum absolute atomic E-state index is 0. The molecule has 130 valence electrons. The van der Waals surface area contributed by atoms with Crippen LogP contribution < -0.4 is 11.1 Å². The van der Waals surface area contributed by atoms with E-state index in [2.05, 4.69) is 27.0 Å². The molecule has 0 aliphatic rings. The number of rotatable bonds is 7. The Morgan fingerprint density at radius 2 is 2.08 bits per heavy atom. The van der Waals surface area contributed by atoms with Crippen LogP contribution in [0.1, 0.15) is 19.2 Å². The number of aromatic nitrogens is 2. The summed E-state index contributed by atoms with van der Waals surface area (Å²) in [7, 11) is 0. The van der Waals surface area contributed by atoms with E-state index >= 15 is 0 Å². The Labute approximate surface area is 157 Å². The molecular weight excluding hydrogens is 424 g/mol. The second kappa shape index (κ2) is 10.0. The number of halogens is 2. The first-order chi connectivity index (χ1) is 11.0. The van der Waals surface area contributed by atoms with Crippen LogP contribution in [0.2, 0.25) is 0 Å². The molecule has 0 saturated carbocycles. The Kier molecular flexibility index (Phi) is 8.37. The lowest BCUT2D eigenvalue weighted by Gasteiger charge is -2.04. The molecule has 0 fully saturated rings. The Hall–Kier alpha value is -1.97. The van der Waals surface area contributed by atoms with Crippen molar-refractivity contribution < 1.29 is 8.91 Å². The van der Waals surface area contributed by atoms with E-state index in [1.807, 2.05) is 6.92 Å². The van der Waals surface area contributed by atoms with Crippen LogP contribution in [-0.2, 0) is 6.42 Å². The van der Waals surface area contributed by atoms with Crippen LogP contribution in [0, 0.1) is 5.82 Å². The van der Waals surface area contributed by atoms with Gasteiger partial charge in [-0.2, -0.15) is 4.98 Å². The van der Waals surface area contributed by atoms with Crippen molar-refractivity contribution in [2.75, 3.05) is 13.1 Å². The highest BCUT2D eigenvalue weighted by atomic mass is 127. The van der Waals surface area contributed by atoms with E-state index in [0.717, 1.165) is 17.6 Å². The third kappa shape index (κ3) is 6.65. The molecule has 0 unspecified atom stereocenters. The number of guanidine groups is 1. The van der Waals surface area contributed by atoms with E-state index in [0.29, 0.717) is 37.2 Å². The maximum atomic E-state index is 12.9. The van der Waals surface area contributed by atoms with E-state index < -0.39 is 0 Å². The van der Waals surface area contributed by atoms with Crippen LogP contribution in [-0.4, -0.2) is 29.2 Å². The van der Waals surface area contributed by atoms with Crippen molar-refractivity contribution in [3.8, 4) is 11.4 Å². The summed E-state index contributed by atoms with van der Waals surface area (Å²) >= 11 is 0. The fraction of sp³-hybridized carbons (Fsp3) is 0.312. The molecule has 8 heteroatoms. The van der Waals surface area contributed by atoms with E-state index in [4.69, 9.17) is 10.3 Å². The Morgan fingerprint density at radius 3 is 2.75 bits per heavy atom. The van der Waals surface area contributed by atoms with Gasteiger partial charge in [0.1, 0.15) is 5.82 Å². The van der Waals surface area contributed by atoms with Crippen molar-refractivity contribution in [2.45, 2.75) is 19.8 Å². The predicted molar refractivity (Wildman–Crippen MR) is 103 cm³/mol. The van der Waals surface area contributed by atoms with Crippen LogP contribution in [0.4, 0.5) is 4.39 Å². The van der Waals surface area contributed by atoms with E-state index in [1.54, 1.807) is 12.1 Å². The maximum absolute atomic E-state index is 12.9. The molecule has 24 heavy (non-hydrogen) atoms. The number of hydrogen-bond donors (Lipinski definition) is 2. The molecule has 3 N–H and O–H groups in total. The summed E-state index contributed by atoms with van der Waals surface area (Å²) in [5.74, 6) is 1.08. The third-order valence-electron chi connectivity index (χ3n) is 2.96. The topological polar surface area (TPSA) is 89.3 Å². The van der Waals surface area contributed by atoms with Gasteiger partial charge >= 0.3 is 0 Å². The number of nitrogens with two attached hydrogens (primary N) is 1. The van der Waals surface area contributed by atoms with E-state index in [-0.39, 0.29) is 29.8 Å². The highest BCUT2D eigenvalue weighted by molar-refractivity contribution is 14.0. The molecule has 1 aromatic heterocycles. The molecule has 1 aromatic carbocycles. The lowest BCUT2D eigenvalue weighted by atomic mass is 10.2. The summed E-state index contributed by atoms with van der Waals surface area (Å²) in [6, 6.07) is 5.96. The fourth-order valence-electron chi connectivity index (χ4n) is 1.80. The molecular formula is C16H21FIN5O. The van der Waals surface area contributed by atoms with Crippen molar-refractivity contribution in [3.63, 3.8) is 0 Å². The van der Waals surface area contributed by atoms with Crippen molar-refractivity contribution in [2.24, 2.45) is 10.7 Å². The number of nitrogens with one attached hydrogen (secondary N) is 1. The smallest absolute Gasteiger partial charge is 0.227 e. The van der Waals surface area contributed by atoms with Crippen LogP contribution in [0.15, 0.2) is 45.9 Å². The molecule has 2 rings (SSSR count). The van der Waals surface area contributed by atoms with Crippen LogP contribution in [0.25, 0.3) is 11.4 Å². The quantitative estimate of drug-likeness (QED) is 0.225. The zero-order valence-electron chi connectivity index (χ0n) is 13.5. The third-order valence-corrected chi connectivity index (χ3v) is 2.96. The van der Waals surface area contributed by atoms with Crippen molar-refractivity contribution >= 4 is 29.9 Å². The lowest BCUT2D eigenvalue weighted by molar-refractivity contribution is 0.376. The molecule has 0 atom stereocenters. The molecule has 0 aliphatic heterocycles. The zero-order valence-corrected chi connectivity index (χ0v) is 15.8. The summed E-state index contributed by atoms with van der Waals surface area (Å²) in [5, 5.41) is 6.90. The SMILES string of the molecule is C=C(C)CN=C(N)NCCCc1nc(-c2ccc(F)cc2)no1.I. The van der Waals surface area contributed by atoms with Crippen molar-refractivity contribution in [1.82, 2.24) is 15.5 Å². The number of nitrogens with zero attached hydrogens (tertiary/aromatic N) is 3. The second-order valence-electron chi connectivity index (χ2n) is 5.21. The average Bonchev–Trinajstić information content (AvgIpc) is 2.99. The summed E-state index contributed by atoms with van der Waals surface area (Å²) < 4.78 is 18.1. The van der Waals surface area contributed by atoms with Gasteiger partial charge in [-0.25, -0.2) is 9.38 Å². The molecule has 2 aromatic rings. The monoisotopic (exact) mass is 445 g/mol. The van der Waals surface area contributed by atoms with E-state index in [9.17, 15) is 4.39 Å². The standard InChI is InChI=1S/C16H20FN5O.HI/c1-11(2)10-20-16(18)19-9-3-4-14-21-15(22-23-14)12-5-7-13(17)8-6-12;/h5-8H,1,3-4,9-10H2,2H3,(H3,18,19,20);1H. The Morgan fingerprint density at radius 1 is 1.38 bits per heavy atom. The first kappa shape index (κ1) is 20.1. The van der Waals surface area contributed by atoms with Gasteiger partial charge in [0.05, 0.1) is 6.54 Å². The summed E-state index contributed by atoms with van der Waals surface area (Å²) in [5.41, 5.74) is 7.38. The second-order valence-corrected chi connectivity index (χ2v) is 5.21. The molecule has 0 radical (unpaired) electrons. The minimum Gasteiger partial charge on any atom is -0.370 e. The van der Waals surface area contributed by atoms with Gasteiger partial charge in [0.25, 0.3) is 0 Å². The summed E-state index contributed by atoms with van der Waals surface area (Å²) in [6.45, 7) is 6.82. The molecule has 6 nitrogen and oxygen atoms in total. The molecule has 0 spiro atoms. The first-order valence-corrected chi connectivity index (χ1v) is 7.31. The van der Waals surface area contributed by atoms with Gasteiger partial charge in [-0.1, -0.05) is 17.3 Å². The largest absolute Gasteiger partial charge is 0.370 e. The van der Waals surface area contributed by atoms with Gasteiger partial charge in [-0.15, -0.1) is 24.0 Å². The van der Waals surface area contributed by atoms with Crippen molar-refractivity contribution in [1.29, 1.82) is 0 Å². The van der Waals surface area contributed by atoms with Crippen LogP contribution >= 0.6 is 24.0 Å². The number of hydrogen-bond acceptors (Lipinski definition) is 4. The number of aryl methyl sites for hydroxylation is 1. The first-order valence-electron chi connectivity index (χ1n) is 7.31. The number of aliphatic imine (C=N–C) groups is 1. The highest BCUT2D eigenvalue weighted by Crippen LogP contribution is 2.16. The highest BCUT2D eigenvalue weighted by Gasteiger charge is 2.08. The lowest BCUT2D eigenvalue weighted by Crippen LogP contribution is -2.32. The van der Waals surface area contributed by atoms with Gasteiger partial charge < -0.3 is 15.6 Å². The molecule has 0 aliphatic carbocycles. The van der Waals surface area contributed by atoms with Crippen LogP contribution in [0.5, 0.6) is 0 Å². The molecule has 0 saturated heterocycles. The van der Waals surface area contributed by atoms with Crippen molar-refractivity contribution in [3.05, 3.63) is 48.1 Å². The fourth-order valence-corrected chi connectivity index (χ4v) is 1.80. The Balaban J connectivity index is 0.00000288.